The number of para-hydroxylation sites is 1. The van der Waals surface area contributed by atoms with Crippen LogP contribution in [0.15, 0.2) is 72.8 Å². The van der Waals surface area contributed by atoms with Gasteiger partial charge in [0.15, 0.2) is 6.61 Å². The maximum absolute atomic E-state index is 12.3. The molecule has 0 bridgehead atoms. The number of hydrogen-bond donors (Lipinski definition) is 2. The van der Waals surface area contributed by atoms with Gasteiger partial charge in [-0.1, -0.05) is 18.2 Å². The number of benzene rings is 3. The van der Waals surface area contributed by atoms with Gasteiger partial charge in [-0.15, -0.1) is 0 Å². The second-order valence-electron chi connectivity index (χ2n) is 7.86. The Labute approximate surface area is 198 Å². The molecule has 1 aliphatic heterocycles. The first-order chi connectivity index (χ1) is 16.5. The summed E-state index contributed by atoms with van der Waals surface area (Å²) >= 11 is 0. The Hall–Kier alpha value is -4.20. The lowest BCUT2D eigenvalue weighted by Crippen LogP contribution is -2.46. The minimum atomic E-state index is -1.10. The molecule has 0 atom stereocenters. The average Bonchev–Trinajstić information content (AvgIpc) is 2.88. The summed E-state index contributed by atoms with van der Waals surface area (Å²) in [5.41, 5.74) is 2.23. The van der Waals surface area contributed by atoms with Crippen molar-refractivity contribution in [2.75, 3.05) is 55.0 Å². The number of anilines is 3. The fraction of sp³-hybridized carbons (Fsp3) is 0.231. The molecule has 34 heavy (non-hydrogen) atoms. The Morgan fingerprint density at radius 3 is 2.09 bits per heavy atom. The number of rotatable bonds is 8. The van der Waals surface area contributed by atoms with Crippen LogP contribution in [0.25, 0.3) is 0 Å². The average molecular weight is 462 g/mol. The summed E-state index contributed by atoms with van der Waals surface area (Å²) in [6, 6.07) is 22.0. The summed E-state index contributed by atoms with van der Waals surface area (Å²) in [4.78, 5) is 28.6. The number of methoxy groups -OCH3 is 1. The van der Waals surface area contributed by atoms with E-state index in [0.717, 1.165) is 43.3 Å². The molecule has 8 nitrogen and oxygen atoms in total. The van der Waals surface area contributed by atoms with Crippen molar-refractivity contribution >= 4 is 28.9 Å². The zero-order chi connectivity index (χ0) is 23.9. The Balaban J connectivity index is 1.38. The lowest BCUT2D eigenvalue weighted by atomic mass is 10.1. The van der Waals surface area contributed by atoms with E-state index in [0.29, 0.717) is 5.75 Å². The van der Waals surface area contributed by atoms with Gasteiger partial charge in [0.25, 0.3) is 5.91 Å². The fourth-order valence-corrected chi connectivity index (χ4v) is 3.88. The van der Waals surface area contributed by atoms with E-state index in [2.05, 4.69) is 15.1 Å². The third-order valence-corrected chi connectivity index (χ3v) is 5.70. The van der Waals surface area contributed by atoms with Gasteiger partial charge in [0, 0.05) is 37.6 Å². The second-order valence-corrected chi connectivity index (χ2v) is 7.86. The van der Waals surface area contributed by atoms with Crippen LogP contribution in [0.3, 0.4) is 0 Å². The molecule has 1 heterocycles. The van der Waals surface area contributed by atoms with Gasteiger partial charge in [-0.25, -0.2) is 4.79 Å². The van der Waals surface area contributed by atoms with Crippen LogP contribution >= 0.6 is 0 Å². The molecule has 0 unspecified atom stereocenters. The van der Waals surface area contributed by atoms with E-state index < -0.39 is 11.9 Å². The van der Waals surface area contributed by atoms with E-state index in [9.17, 15) is 14.7 Å². The minimum absolute atomic E-state index is 0.0446. The highest BCUT2D eigenvalue weighted by Crippen LogP contribution is 2.26. The number of amides is 1. The van der Waals surface area contributed by atoms with Crippen LogP contribution in [0.2, 0.25) is 0 Å². The molecule has 8 heteroatoms. The molecule has 1 saturated heterocycles. The molecule has 1 aliphatic rings. The van der Waals surface area contributed by atoms with E-state index in [1.807, 2.05) is 48.5 Å². The Bertz CT molecular complexity index is 1130. The summed E-state index contributed by atoms with van der Waals surface area (Å²) < 4.78 is 10.7. The Morgan fingerprint density at radius 1 is 0.853 bits per heavy atom. The first-order valence-electron chi connectivity index (χ1n) is 11.0. The molecule has 2 N–H and O–H groups in total. The predicted molar refractivity (Wildman–Crippen MR) is 131 cm³/mol. The summed E-state index contributed by atoms with van der Waals surface area (Å²) in [5.74, 6) is -0.132. The molecule has 176 valence electrons. The number of nitrogens with one attached hydrogen (secondary N) is 1. The van der Waals surface area contributed by atoms with Crippen molar-refractivity contribution in [2.45, 2.75) is 0 Å². The normalized spacial score (nSPS) is 13.3. The number of aromatic carboxylic acids is 1. The zero-order valence-corrected chi connectivity index (χ0v) is 18.9. The van der Waals surface area contributed by atoms with Gasteiger partial charge in [0.05, 0.1) is 18.4 Å². The summed E-state index contributed by atoms with van der Waals surface area (Å²) in [6.45, 7) is 2.91. The SMILES string of the molecule is COc1ccc(N2CCN(c3ccc(NC(=O)COc4ccccc4)c(C(=O)O)c3)CC2)cc1. The van der Waals surface area contributed by atoms with E-state index in [1.165, 1.54) is 0 Å². The smallest absolute Gasteiger partial charge is 0.337 e. The molecule has 4 rings (SSSR count). The van der Waals surface area contributed by atoms with E-state index in [1.54, 1.807) is 31.4 Å². The Kier molecular flexibility index (Phi) is 7.17. The highest BCUT2D eigenvalue weighted by molar-refractivity contribution is 6.01. The van der Waals surface area contributed by atoms with Crippen molar-refractivity contribution < 1.29 is 24.2 Å². The van der Waals surface area contributed by atoms with Crippen LogP contribution in [0.1, 0.15) is 10.4 Å². The fourth-order valence-electron chi connectivity index (χ4n) is 3.88. The number of hydrogen-bond acceptors (Lipinski definition) is 6. The molecule has 0 spiro atoms. The van der Waals surface area contributed by atoms with E-state index >= 15 is 0 Å². The lowest BCUT2D eigenvalue weighted by molar-refractivity contribution is -0.118. The highest BCUT2D eigenvalue weighted by Gasteiger charge is 2.20. The summed E-state index contributed by atoms with van der Waals surface area (Å²) in [6.07, 6.45) is 0. The number of carboxylic acid groups (broad SMARTS) is 1. The number of piperazine rings is 1. The monoisotopic (exact) mass is 461 g/mol. The Morgan fingerprint density at radius 2 is 1.47 bits per heavy atom. The predicted octanol–water partition coefficient (Wildman–Crippen LogP) is 3.74. The van der Waals surface area contributed by atoms with Crippen LogP contribution < -0.4 is 24.6 Å². The van der Waals surface area contributed by atoms with Gasteiger partial charge < -0.3 is 29.7 Å². The molecule has 0 saturated carbocycles. The first kappa shape index (κ1) is 23.0. The van der Waals surface area contributed by atoms with Crippen molar-refractivity contribution in [3.05, 3.63) is 78.4 Å². The van der Waals surface area contributed by atoms with E-state index in [4.69, 9.17) is 9.47 Å². The van der Waals surface area contributed by atoms with Gasteiger partial charge in [0.2, 0.25) is 0 Å². The molecular formula is C26H27N3O5. The van der Waals surface area contributed by atoms with Gasteiger partial charge in [0.1, 0.15) is 11.5 Å². The topological polar surface area (TPSA) is 91.3 Å². The van der Waals surface area contributed by atoms with Crippen LogP contribution in [0.4, 0.5) is 17.1 Å². The third kappa shape index (κ3) is 5.58. The largest absolute Gasteiger partial charge is 0.497 e. The number of carbonyl (C=O) groups excluding carboxylic acids is 1. The van der Waals surface area contributed by atoms with Crippen LogP contribution in [0.5, 0.6) is 11.5 Å². The lowest BCUT2D eigenvalue weighted by Gasteiger charge is -2.37. The van der Waals surface area contributed by atoms with Crippen molar-refractivity contribution in [2.24, 2.45) is 0 Å². The van der Waals surface area contributed by atoms with Crippen LogP contribution in [0, 0.1) is 0 Å². The molecule has 0 radical (unpaired) electrons. The maximum Gasteiger partial charge on any atom is 0.337 e. The number of ether oxygens (including phenoxy) is 2. The van der Waals surface area contributed by atoms with E-state index in [-0.39, 0.29) is 17.9 Å². The highest BCUT2D eigenvalue weighted by atomic mass is 16.5. The zero-order valence-electron chi connectivity index (χ0n) is 18.9. The molecule has 3 aromatic rings. The van der Waals surface area contributed by atoms with Gasteiger partial charge in [-0.2, -0.15) is 0 Å². The number of carboxylic acids is 1. The maximum atomic E-state index is 12.3. The van der Waals surface area contributed by atoms with Crippen molar-refractivity contribution in [3.63, 3.8) is 0 Å². The van der Waals surface area contributed by atoms with Gasteiger partial charge in [-0.05, 0) is 54.6 Å². The van der Waals surface area contributed by atoms with Crippen molar-refractivity contribution in [3.8, 4) is 11.5 Å². The molecule has 1 amide bonds. The van der Waals surface area contributed by atoms with Crippen LogP contribution in [-0.4, -0.2) is 56.9 Å². The molecular weight excluding hydrogens is 434 g/mol. The van der Waals surface area contributed by atoms with Crippen molar-refractivity contribution in [1.29, 1.82) is 0 Å². The van der Waals surface area contributed by atoms with Gasteiger partial charge in [-0.3, -0.25) is 4.79 Å². The van der Waals surface area contributed by atoms with Gasteiger partial charge >= 0.3 is 5.97 Å². The number of carbonyl (C=O) groups is 2. The molecule has 0 aliphatic carbocycles. The molecule has 3 aromatic carbocycles. The van der Waals surface area contributed by atoms with Crippen LogP contribution in [-0.2, 0) is 4.79 Å². The molecule has 1 fully saturated rings. The standard InChI is InChI=1S/C26H27N3O5/c1-33-21-10-7-19(8-11-21)28-13-15-29(16-14-28)20-9-12-24(23(17-20)26(31)32)27-25(30)18-34-22-5-3-2-4-6-22/h2-12,17H,13-16,18H2,1H3,(H,27,30)(H,31,32). The molecule has 0 aromatic heterocycles. The summed E-state index contributed by atoms with van der Waals surface area (Å²) in [5, 5.41) is 12.4. The second kappa shape index (κ2) is 10.6. The quantitative estimate of drug-likeness (QED) is 0.528. The van der Waals surface area contributed by atoms with Crippen molar-refractivity contribution in [1.82, 2.24) is 0 Å². The minimum Gasteiger partial charge on any atom is -0.497 e. The third-order valence-electron chi connectivity index (χ3n) is 5.70. The first-order valence-corrected chi connectivity index (χ1v) is 11.0. The number of nitrogens with zero attached hydrogens (tertiary/aromatic N) is 2. The summed E-state index contributed by atoms with van der Waals surface area (Å²) in [7, 11) is 1.65.